The average molecular weight is 309 g/mol. The minimum absolute atomic E-state index is 0.182. The van der Waals surface area contributed by atoms with Crippen molar-refractivity contribution in [2.75, 3.05) is 19.8 Å². The number of halogens is 1. The van der Waals surface area contributed by atoms with Crippen LogP contribution in [0.5, 0.6) is 0 Å². The molecule has 2 rings (SSSR count). The highest BCUT2D eigenvalue weighted by atomic mass is 79.9. The first kappa shape index (κ1) is 12.7. The molecular weight excluding hydrogens is 296 g/mol. The van der Waals surface area contributed by atoms with Gasteiger partial charge in [0.25, 0.3) is 0 Å². The number of fused-ring (bicyclic) bond motifs is 1. The largest absolute Gasteiger partial charge is 0.450 e. The van der Waals surface area contributed by atoms with Crippen molar-refractivity contribution in [3.8, 4) is 0 Å². The second-order valence-corrected chi connectivity index (χ2v) is 5.04. The van der Waals surface area contributed by atoms with Crippen LogP contribution in [0.4, 0.5) is 5.69 Å². The van der Waals surface area contributed by atoms with Gasteiger partial charge < -0.3 is 15.1 Å². The van der Waals surface area contributed by atoms with Crippen molar-refractivity contribution in [1.29, 1.82) is 0 Å². The molecule has 0 bridgehead atoms. The maximum Gasteiger partial charge on any atom is 0.224 e. The summed E-state index contributed by atoms with van der Waals surface area (Å²) < 4.78 is 6.38. The lowest BCUT2D eigenvalue weighted by atomic mass is 10.2. The van der Waals surface area contributed by atoms with Gasteiger partial charge >= 0.3 is 0 Å². The van der Waals surface area contributed by atoms with Crippen LogP contribution in [0.2, 0.25) is 0 Å². The highest BCUT2D eigenvalue weighted by molar-refractivity contribution is 9.10. The number of rotatable bonds is 3. The number of carbonyl (C=O) groups excluding carboxylic acids is 1. The Labute approximate surface area is 113 Å². The predicted molar refractivity (Wildman–Crippen MR) is 75.5 cm³/mol. The van der Waals surface area contributed by atoms with Gasteiger partial charge in [0.1, 0.15) is 5.58 Å². The van der Waals surface area contributed by atoms with Gasteiger partial charge in [0.2, 0.25) is 5.78 Å². The van der Waals surface area contributed by atoms with Gasteiger partial charge in [-0.05, 0) is 18.2 Å². The monoisotopic (exact) mass is 308 g/mol. The summed E-state index contributed by atoms with van der Waals surface area (Å²) in [4.78, 5) is 13.7. The van der Waals surface area contributed by atoms with E-state index in [0.29, 0.717) is 11.3 Å². The molecule has 2 N–H and O–H groups in total. The highest BCUT2D eigenvalue weighted by Gasteiger charge is 2.16. The van der Waals surface area contributed by atoms with Gasteiger partial charge in [0.15, 0.2) is 5.76 Å². The standard InChI is InChI=1S/C13H13BrN2O2/c1-16(2)6-5-10(17)13-12(15)9-7-8(14)3-4-11(9)18-13/h3-7H,15H2,1-2H3. The van der Waals surface area contributed by atoms with Gasteiger partial charge in [-0.25, -0.2) is 0 Å². The normalized spacial score (nSPS) is 11.3. The molecule has 18 heavy (non-hydrogen) atoms. The molecule has 1 heterocycles. The second-order valence-electron chi connectivity index (χ2n) is 4.13. The van der Waals surface area contributed by atoms with Gasteiger partial charge in [-0.2, -0.15) is 0 Å². The fourth-order valence-corrected chi connectivity index (χ4v) is 1.93. The molecule has 94 valence electrons. The molecule has 1 aromatic heterocycles. The lowest BCUT2D eigenvalue weighted by Crippen LogP contribution is -2.03. The Hall–Kier alpha value is -1.75. The first-order valence-electron chi connectivity index (χ1n) is 5.35. The number of benzene rings is 1. The molecule has 1 aromatic carbocycles. The highest BCUT2D eigenvalue weighted by Crippen LogP contribution is 2.31. The summed E-state index contributed by atoms with van der Waals surface area (Å²) in [5.74, 6) is -0.0604. The quantitative estimate of drug-likeness (QED) is 0.699. The van der Waals surface area contributed by atoms with Crippen LogP contribution in [-0.4, -0.2) is 24.8 Å². The maximum absolute atomic E-state index is 11.9. The van der Waals surface area contributed by atoms with Crippen LogP contribution in [0.3, 0.4) is 0 Å². The van der Waals surface area contributed by atoms with E-state index < -0.39 is 0 Å². The third-order valence-corrected chi connectivity index (χ3v) is 2.93. The van der Waals surface area contributed by atoms with Crippen LogP contribution in [0, 0.1) is 0 Å². The summed E-state index contributed by atoms with van der Waals surface area (Å²) in [5.41, 5.74) is 6.92. The Kier molecular flexibility index (Phi) is 3.43. The van der Waals surface area contributed by atoms with Crippen molar-refractivity contribution >= 4 is 38.4 Å². The molecule has 0 atom stereocenters. The number of carbonyl (C=O) groups is 1. The third kappa shape index (κ3) is 2.41. The second kappa shape index (κ2) is 4.86. The summed E-state index contributed by atoms with van der Waals surface area (Å²) >= 11 is 3.36. The fraction of sp³-hybridized carbons (Fsp3) is 0.154. The van der Waals surface area contributed by atoms with Gasteiger partial charge in [0.05, 0.1) is 5.69 Å². The Morgan fingerprint density at radius 2 is 2.17 bits per heavy atom. The lowest BCUT2D eigenvalue weighted by molar-refractivity contribution is 0.102. The van der Waals surface area contributed by atoms with E-state index in [1.54, 1.807) is 17.2 Å². The van der Waals surface area contributed by atoms with Crippen LogP contribution < -0.4 is 5.73 Å². The summed E-state index contributed by atoms with van der Waals surface area (Å²) in [6, 6.07) is 5.46. The number of furan rings is 1. The Morgan fingerprint density at radius 3 is 2.83 bits per heavy atom. The minimum Gasteiger partial charge on any atom is -0.450 e. The molecular formula is C13H13BrN2O2. The molecule has 4 nitrogen and oxygen atoms in total. The van der Waals surface area contributed by atoms with Crippen molar-refractivity contribution in [2.24, 2.45) is 0 Å². The summed E-state index contributed by atoms with van der Waals surface area (Å²) in [6.45, 7) is 0. The van der Waals surface area contributed by atoms with Crippen LogP contribution in [-0.2, 0) is 0 Å². The number of hydrogen-bond acceptors (Lipinski definition) is 4. The molecule has 2 aromatic rings. The van der Waals surface area contributed by atoms with Crippen molar-refractivity contribution in [2.45, 2.75) is 0 Å². The van der Waals surface area contributed by atoms with Crippen molar-refractivity contribution in [3.63, 3.8) is 0 Å². The van der Waals surface area contributed by atoms with E-state index in [1.165, 1.54) is 6.08 Å². The Balaban J connectivity index is 2.46. The molecule has 0 saturated heterocycles. The summed E-state index contributed by atoms with van der Waals surface area (Å²) in [5, 5.41) is 0.742. The minimum atomic E-state index is -0.242. The zero-order valence-electron chi connectivity index (χ0n) is 10.1. The van der Waals surface area contributed by atoms with E-state index in [0.717, 1.165) is 9.86 Å². The van der Waals surface area contributed by atoms with E-state index >= 15 is 0 Å². The molecule has 0 saturated carbocycles. The smallest absolute Gasteiger partial charge is 0.224 e. The first-order chi connectivity index (χ1) is 8.49. The van der Waals surface area contributed by atoms with Crippen LogP contribution in [0.25, 0.3) is 11.0 Å². The van der Waals surface area contributed by atoms with Crippen molar-refractivity contribution < 1.29 is 9.21 Å². The molecule has 0 aliphatic carbocycles. The number of anilines is 1. The van der Waals surface area contributed by atoms with E-state index in [4.69, 9.17) is 10.2 Å². The topological polar surface area (TPSA) is 59.5 Å². The van der Waals surface area contributed by atoms with E-state index in [-0.39, 0.29) is 11.5 Å². The van der Waals surface area contributed by atoms with Gasteiger partial charge in [-0.15, -0.1) is 0 Å². The lowest BCUT2D eigenvalue weighted by Gasteiger charge is -2.01. The molecule has 0 amide bonds. The molecule has 0 unspecified atom stereocenters. The van der Waals surface area contributed by atoms with Crippen LogP contribution in [0.15, 0.2) is 39.4 Å². The molecule has 0 spiro atoms. The zero-order chi connectivity index (χ0) is 13.3. The van der Waals surface area contributed by atoms with E-state index in [2.05, 4.69) is 15.9 Å². The van der Waals surface area contributed by atoms with Gasteiger partial charge in [-0.1, -0.05) is 15.9 Å². The number of hydrogen-bond donors (Lipinski definition) is 1. The van der Waals surface area contributed by atoms with E-state index in [1.807, 2.05) is 26.2 Å². The average Bonchev–Trinajstić information content (AvgIpc) is 2.64. The molecule has 0 radical (unpaired) electrons. The molecule has 0 aliphatic rings. The maximum atomic E-state index is 11.9. The SMILES string of the molecule is CN(C)C=CC(=O)c1oc2ccc(Br)cc2c1N. The Morgan fingerprint density at radius 1 is 1.44 bits per heavy atom. The Bertz CT molecular complexity index is 629. The summed E-state index contributed by atoms with van der Waals surface area (Å²) in [6.07, 6.45) is 3.09. The van der Waals surface area contributed by atoms with Crippen molar-refractivity contribution in [1.82, 2.24) is 4.90 Å². The zero-order valence-corrected chi connectivity index (χ0v) is 11.7. The van der Waals surface area contributed by atoms with E-state index in [9.17, 15) is 4.79 Å². The van der Waals surface area contributed by atoms with Crippen LogP contribution >= 0.6 is 15.9 Å². The number of ketones is 1. The van der Waals surface area contributed by atoms with Crippen molar-refractivity contribution in [3.05, 3.63) is 40.7 Å². The molecule has 0 fully saturated rings. The number of nitrogens with zero attached hydrogens (tertiary/aromatic N) is 1. The number of nitrogen functional groups attached to an aromatic ring is 1. The van der Waals surface area contributed by atoms with Gasteiger partial charge in [0, 0.05) is 36.2 Å². The first-order valence-corrected chi connectivity index (χ1v) is 6.15. The molecule has 5 heteroatoms. The van der Waals surface area contributed by atoms with Gasteiger partial charge in [-0.3, -0.25) is 4.79 Å². The predicted octanol–water partition coefficient (Wildman–Crippen LogP) is 3.04. The molecule has 0 aliphatic heterocycles. The number of nitrogens with two attached hydrogens (primary N) is 1. The third-order valence-electron chi connectivity index (χ3n) is 2.44. The fourth-order valence-electron chi connectivity index (χ4n) is 1.56. The van der Waals surface area contributed by atoms with Crippen LogP contribution in [0.1, 0.15) is 10.6 Å². The number of allylic oxidation sites excluding steroid dienone is 1. The summed E-state index contributed by atoms with van der Waals surface area (Å²) in [7, 11) is 3.67.